The summed E-state index contributed by atoms with van der Waals surface area (Å²) in [5, 5.41) is 0. The Labute approximate surface area is 202 Å². The lowest BCUT2D eigenvalue weighted by atomic mass is 9.74. The van der Waals surface area contributed by atoms with Crippen molar-refractivity contribution in [1.29, 1.82) is 0 Å². The normalized spacial score (nSPS) is 14.8. The van der Waals surface area contributed by atoms with Crippen molar-refractivity contribution >= 4 is 17.7 Å². The first kappa shape index (κ1) is 25.6. The zero-order valence-electron chi connectivity index (χ0n) is 20.7. The molecule has 2 amide bonds. The van der Waals surface area contributed by atoms with Crippen LogP contribution in [0.2, 0.25) is 0 Å². The number of carbonyl (C=O) groups excluding carboxylic acids is 2. The summed E-state index contributed by atoms with van der Waals surface area (Å²) in [6.45, 7) is 8.92. The molecule has 1 aliphatic heterocycles. The third-order valence-electron chi connectivity index (χ3n) is 6.45. The molecule has 0 saturated carbocycles. The highest BCUT2D eigenvalue weighted by atomic mass is 16.5. The number of ether oxygens (including phenoxy) is 3. The van der Waals surface area contributed by atoms with E-state index in [0.29, 0.717) is 58.1 Å². The number of benzene rings is 2. The Bertz CT molecular complexity index is 950. The summed E-state index contributed by atoms with van der Waals surface area (Å²) in [5.74, 6) is 0.500. The number of amides is 2. The van der Waals surface area contributed by atoms with Crippen molar-refractivity contribution in [3.8, 4) is 5.75 Å². The summed E-state index contributed by atoms with van der Waals surface area (Å²) >= 11 is 0. The first-order chi connectivity index (χ1) is 16.4. The minimum Gasteiger partial charge on any atom is -0.489 e. The summed E-state index contributed by atoms with van der Waals surface area (Å²) in [6, 6.07) is 15.5. The lowest BCUT2D eigenvalue weighted by molar-refractivity contribution is -0.154. The zero-order chi connectivity index (χ0) is 24.6. The predicted molar refractivity (Wildman–Crippen MR) is 132 cm³/mol. The van der Waals surface area contributed by atoms with Crippen LogP contribution in [0.25, 0.3) is 0 Å². The van der Waals surface area contributed by atoms with E-state index in [-0.39, 0.29) is 12.0 Å². The molecule has 184 valence electrons. The average Bonchev–Trinajstić information content (AvgIpc) is 2.88. The van der Waals surface area contributed by atoms with Crippen molar-refractivity contribution in [3.05, 3.63) is 59.7 Å². The van der Waals surface area contributed by atoms with Crippen molar-refractivity contribution in [3.63, 3.8) is 0 Å². The second-order valence-electron chi connectivity index (χ2n) is 8.41. The lowest BCUT2D eigenvalue weighted by Crippen LogP contribution is -2.42. The minimum atomic E-state index is -0.697. The molecule has 0 aliphatic carbocycles. The molecule has 2 aromatic rings. The van der Waals surface area contributed by atoms with Crippen molar-refractivity contribution in [2.75, 3.05) is 44.9 Å². The second kappa shape index (κ2) is 11.9. The number of carbonyl (C=O) groups is 2. The van der Waals surface area contributed by atoms with Crippen LogP contribution in [0.1, 0.15) is 44.7 Å². The van der Waals surface area contributed by atoms with Gasteiger partial charge in [0.05, 0.1) is 12.0 Å². The predicted octanol–water partition coefficient (Wildman–Crippen LogP) is 4.77. The van der Waals surface area contributed by atoms with Crippen LogP contribution < -0.4 is 9.64 Å². The van der Waals surface area contributed by atoms with Gasteiger partial charge in [0.25, 0.3) is 0 Å². The van der Waals surface area contributed by atoms with Gasteiger partial charge in [-0.25, -0.2) is 4.79 Å². The Kier molecular flexibility index (Phi) is 8.93. The van der Waals surface area contributed by atoms with Gasteiger partial charge in [-0.2, -0.15) is 0 Å². The Hall–Kier alpha value is -3.06. The standard InChI is InChI=1S/C27H36N2O5/c1-5-29(6-2)26(31)28(4)23-13-11-21(12-14-23)20-34-24-10-8-9-22(19-24)27(25(30)33-7-3)15-17-32-18-16-27/h8-14,19H,5-7,15-18,20H2,1-4H3. The maximum Gasteiger partial charge on any atom is 0.324 e. The topological polar surface area (TPSA) is 68.3 Å². The van der Waals surface area contributed by atoms with Gasteiger partial charge in [-0.05, 0) is 69.0 Å². The van der Waals surface area contributed by atoms with Crippen LogP contribution in [0.3, 0.4) is 0 Å². The summed E-state index contributed by atoms with van der Waals surface area (Å²) in [5.41, 5.74) is 2.03. The number of hydrogen-bond acceptors (Lipinski definition) is 5. The molecule has 7 nitrogen and oxygen atoms in total. The SMILES string of the molecule is CCOC(=O)C1(c2cccc(OCc3ccc(N(C)C(=O)N(CC)CC)cc3)c2)CCOCC1. The van der Waals surface area contributed by atoms with Gasteiger partial charge in [0, 0.05) is 39.0 Å². The molecule has 0 spiro atoms. The van der Waals surface area contributed by atoms with Gasteiger partial charge in [0.1, 0.15) is 12.4 Å². The fourth-order valence-electron chi connectivity index (χ4n) is 4.28. The molecule has 0 N–H and O–H groups in total. The van der Waals surface area contributed by atoms with E-state index in [4.69, 9.17) is 14.2 Å². The molecular formula is C27H36N2O5. The fraction of sp³-hybridized carbons (Fsp3) is 0.481. The van der Waals surface area contributed by atoms with E-state index in [2.05, 4.69) is 0 Å². The van der Waals surface area contributed by atoms with Crippen LogP contribution in [0.5, 0.6) is 5.75 Å². The highest BCUT2D eigenvalue weighted by Gasteiger charge is 2.43. The quantitative estimate of drug-likeness (QED) is 0.496. The van der Waals surface area contributed by atoms with Crippen molar-refractivity contribution in [2.24, 2.45) is 0 Å². The van der Waals surface area contributed by atoms with Crippen LogP contribution in [0, 0.1) is 0 Å². The van der Waals surface area contributed by atoms with Crippen LogP contribution in [0.15, 0.2) is 48.5 Å². The van der Waals surface area contributed by atoms with Crippen molar-refractivity contribution in [1.82, 2.24) is 4.90 Å². The summed E-state index contributed by atoms with van der Waals surface area (Å²) in [6.07, 6.45) is 1.19. The first-order valence-electron chi connectivity index (χ1n) is 12.0. The van der Waals surface area contributed by atoms with Crippen LogP contribution in [-0.2, 0) is 26.3 Å². The third-order valence-corrected chi connectivity index (χ3v) is 6.45. The molecule has 1 fully saturated rings. The average molecular weight is 469 g/mol. The molecule has 3 rings (SSSR count). The fourth-order valence-corrected chi connectivity index (χ4v) is 4.28. The van der Waals surface area contributed by atoms with Crippen LogP contribution in [0.4, 0.5) is 10.5 Å². The van der Waals surface area contributed by atoms with E-state index in [1.54, 1.807) is 16.8 Å². The van der Waals surface area contributed by atoms with Gasteiger partial charge in [-0.15, -0.1) is 0 Å². The van der Waals surface area contributed by atoms with Gasteiger partial charge in [0.15, 0.2) is 0 Å². The number of rotatable bonds is 9. The maximum absolute atomic E-state index is 12.9. The summed E-state index contributed by atoms with van der Waals surface area (Å²) < 4.78 is 17.0. The van der Waals surface area contributed by atoms with E-state index in [1.165, 1.54) is 0 Å². The number of nitrogens with zero attached hydrogens (tertiary/aromatic N) is 2. The Morgan fingerprint density at radius 2 is 1.68 bits per heavy atom. The van der Waals surface area contributed by atoms with E-state index in [0.717, 1.165) is 16.8 Å². The molecule has 0 aromatic heterocycles. The van der Waals surface area contributed by atoms with Crippen LogP contribution >= 0.6 is 0 Å². The molecule has 7 heteroatoms. The molecule has 1 saturated heterocycles. The van der Waals surface area contributed by atoms with Gasteiger partial charge >= 0.3 is 12.0 Å². The highest BCUT2D eigenvalue weighted by Crippen LogP contribution is 2.37. The summed E-state index contributed by atoms with van der Waals surface area (Å²) in [7, 11) is 1.79. The summed E-state index contributed by atoms with van der Waals surface area (Å²) in [4.78, 5) is 28.9. The monoisotopic (exact) mass is 468 g/mol. The Morgan fingerprint density at radius 3 is 2.29 bits per heavy atom. The zero-order valence-corrected chi connectivity index (χ0v) is 20.7. The lowest BCUT2D eigenvalue weighted by Gasteiger charge is -2.35. The smallest absolute Gasteiger partial charge is 0.324 e. The third kappa shape index (κ3) is 5.70. The van der Waals surface area contributed by atoms with Gasteiger partial charge in [0.2, 0.25) is 0 Å². The molecular weight excluding hydrogens is 432 g/mol. The number of anilines is 1. The minimum absolute atomic E-state index is 0.0190. The molecule has 1 heterocycles. The molecule has 0 bridgehead atoms. The number of hydrogen-bond donors (Lipinski definition) is 0. The maximum atomic E-state index is 12.9. The van der Waals surface area contributed by atoms with E-state index < -0.39 is 5.41 Å². The van der Waals surface area contributed by atoms with Crippen molar-refractivity contribution < 1.29 is 23.8 Å². The molecule has 0 radical (unpaired) electrons. The second-order valence-corrected chi connectivity index (χ2v) is 8.41. The molecule has 34 heavy (non-hydrogen) atoms. The van der Waals surface area contributed by atoms with Gasteiger partial charge in [-0.1, -0.05) is 24.3 Å². The van der Waals surface area contributed by atoms with Gasteiger partial charge < -0.3 is 19.1 Å². The van der Waals surface area contributed by atoms with E-state index in [9.17, 15) is 9.59 Å². The highest BCUT2D eigenvalue weighted by molar-refractivity contribution is 5.91. The van der Waals surface area contributed by atoms with Crippen molar-refractivity contribution in [2.45, 2.75) is 45.6 Å². The van der Waals surface area contributed by atoms with E-state index >= 15 is 0 Å². The molecule has 2 aromatic carbocycles. The number of esters is 1. The first-order valence-corrected chi connectivity index (χ1v) is 12.0. The Balaban J connectivity index is 1.69. The molecule has 1 aliphatic rings. The van der Waals surface area contributed by atoms with Gasteiger partial charge in [-0.3, -0.25) is 9.69 Å². The molecule has 0 unspecified atom stereocenters. The number of urea groups is 1. The molecule has 0 atom stereocenters. The Morgan fingerprint density at radius 1 is 1.00 bits per heavy atom. The van der Waals surface area contributed by atoms with E-state index in [1.807, 2.05) is 69.3 Å². The largest absolute Gasteiger partial charge is 0.489 e. The van der Waals surface area contributed by atoms with Crippen LogP contribution in [-0.4, -0.2) is 56.9 Å².